The molecule has 1 aliphatic heterocycles. The molecule has 0 spiro atoms. The first-order valence-electron chi connectivity index (χ1n) is 9.88. The molecule has 29 heavy (non-hydrogen) atoms. The number of aliphatic hydroxyl groups is 1. The lowest BCUT2D eigenvalue weighted by atomic mass is 9.96. The van der Waals surface area contributed by atoms with Gasteiger partial charge in [-0.05, 0) is 55.0 Å². The third-order valence-electron chi connectivity index (χ3n) is 5.35. The molecule has 0 bridgehead atoms. The van der Waals surface area contributed by atoms with Gasteiger partial charge in [0.2, 0.25) is 0 Å². The van der Waals surface area contributed by atoms with Gasteiger partial charge in [0.15, 0.2) is 0 Å². The van der Waals surface area contributed by atoms with Crippen LogP contribution in [0.2, 0.25) is 0 Å². The van der Waals surface area contributed by atoms with Gasteiger partial charge in [-0.2, -0.15) is 0 Å². The van der Waals surface area contributed by atoms with E-state index in [0.717, 1.165) is 35.3 Å². The molecule has 1 amide bonds. The van der Waals surface area contributed by atoms with Gasteiger partial charge in [-0.25, -0.2) is 0 Å². The number of amides is 1. The van der Waals surface area contributed by atoms with Gasteiger partial charge in [-0.15, -0.1) is 11.3 Å². The number of unbranched alkanes of at least 4 members (excludes halogenated alkanes) is 2. The molecular formula is C23H27NO4S. The monoisotopic (exact) mass is 413 g/mol. The number of carbonyl (C=O) groups is 2. The summed E-state index contributed by atoms with van der Waals surface area (Å²) < 4.78 is 5.35. The van der Waals surface area contributed by atoms with E-state index in [2.05, 4.69) is 6.92 Å². The fourth-order valence-corrected chi connectivity index (χ4v) is 4.64. The smallest absolute Gasteiger partial charge is 0.295 e. The number of ketones is 1. The Kier molecular flexibility index (Phi) is 6.42. The van der Waals surface area contributed by atoms with E-state index in [4.69, 9.17) is 4.74 Å². The van der Waals surface area contributed by atoms with Crippen molar-refractivity contribution in [1.82, 2.24) is 4.90 Å². The summed E-state index contributed by atoms with van der Waals surface area (Å²) in [6, 6.07) is 6.90. The number of aliphatic hydroxyl groups excluding tert-OH is 1. The minimum atomic E-state index is -0.620. The maximum atomic E-state index is 13.0. The molecule has 1 aliphatic rings. The number of Topliss-reactive ketones (excluding diaryl/α,β-unsaturated/α-hetero) is 1. The van der Waals surface area contributed by atoms with Crippen molar-refractivity contribution in [3.8, 4) is 5.75 Å². The third-order valence-corrected chi connectivity index (χ3v) is 6.28. The van der Waals surface area contributed by atoms with E-state index >= 15 is 0 Å². The number of methoxy groups -OCH3 is 1. The average molecular weight is 414 g/mol. The maximum absolute atomic E-state index is 13.0. The van der Waals surface area contributed by atoms with Crippen LogP contribution in [0.4, 0.5) is 0 Å². The van der Waals surface area contributed by atoms with Gasteiger partial charge < -0.3 is 14.7 Å². The Bertz CT molecular complexity index is 946. The Morgan fingerprint density at radius 3 is 2.59 bits per heavy atom. The van der Waals surface area contributed by atoms with Crippen LogP contribution in [0.5, 0.6) is 5.75 Å². The first-order valence-corrected chi connectivity index (χ1v) is 10.8. The molecule has 1 aromatic heterocycles. The number of nitrogens with zero attached hydrogens (tertiary/aromatic N) is 1. The molecule has 1 saturated heterocycles. The zero-order valence-corrected chi connectivity index (χ0v) is 18.1. The van der Waals surface area contributed by atoms with Crippen LogP contribution in [0.1, 0.15) is 53.8 Å². The number of likely N-dealkylation sites (tertiary alicyclic amines) is 1. The lowest BCUT2D eigenvalue weighted by Crippen LogP contribution is -2.30. The van der Waals surface area contributed by atoms with Crippen molar-refractivity contribution in [3.05, 3.63) is 56.8 Å². The largest absolute Gasteiger partial charge is 0.507 e. The van der Waals surface area contributed by atoms with Crippen molar-refractivity contribution in [1.29, 1.82) is 0 Å². The average Bonchev–Trinajstić information content (AvgIpc) is 3.31. The summed E-state index contributed by atoms with van der Waals surface area (Å²) in [5, 5.41) is 13.1. The number of aryl methyl sites for hydroxylation is 2. The Morgan fingerprint density at radius 2 is 1.97 bits per heavy atom. The van der Waals surface area contributed by atoms with Crippen molar-refractivity contribution in [2.24, 2.45) is 0 Å². The number of hydrogen-bond acceptors (Lipinski definition) is 5. The van der Waals surface area contributed by atoms with E-state index in [0.29, 0.717) is 17.9 Å². The normalized spacial score (nSPS) is 18.5. The zero-order chi connectivity index (χ0) is 21.1. The Balaban J connectivity index is 2.13. The Hall–Kier alpha value is -2.60. The van der Waals surface area contributed by atoms with Gasteiger partial charge in [0.25, 0.3) is 11.7 Å². The van der Waals surface area contributed by atoms with E-state index in [1.165, 1.54) is 11.3 Å². The highest BCUT2D eigenvalue weighted by Gasteiger charge is 2.46. The molecular weight excluding hydrogens is 386 g/mol. The number of ether oxygens (including phenoxy) is 1. The molecule has 154 valence electrons. The zero-order valence-electron chi connectivity index (χ0n) is 17.3. The Morgan fingerprint density at radius 1 is 1.21 bits per heavy atom. The molecule has 1 atom stereocenters. The van der Waals surface area contributed by atoms with E-state index in [1.807, 2.05) is 37.4 Å². The fourth-order valence-electron chi connectivity index (χ4n) is 3.80. The molecule has 1 fully saturated rings. The van der Waals surface area contributed by atoms with E-state index in [-0.39, 0.29) is 11.3 Å². The molecule has 0 saturated carbocycles. The van der Waals surface area contributed by atoms with Crippen LogP contribution in [0.25, 0.3) is 5.76 Å². The highest BCUT2D eigenvalue weighted by Crippen LogP contribution is 2.42. The molecule has 1 unspecified atom stereocenters. The van der Waals surface area contributed by atoms with Crippen LogP contribution in [0.15, 0.2) is 35.2 Å². The fraction of sp³-hybridized carbons (Fsp3) is 0.391. The quantitative estimate of drug-likeness (QED) is 0.301. The summed E-state index contributed by atoms with van der Waals surface area (Å²) in [6.07, 6.45) is 2.83. The molecule has 1 aromatic carbocycles. The van der Waals surface area contributed by atoms with Gasteiger partial charge >= 0.3 is 0 Å². The second-order valence-electron chi connectivity index (χ2n) is 7.35. The van der Waals surface area contributed by atoms with Crippen molar-refractivity contribution >= 4 is 28.8 Å². The number of thiophene rings is 1. The highest BCUT2D eigenvalue weighted by molar-refractivity contribution is 7.10. The van der Waals surface area contributed by atoms with E-state index in [9.17, 15) is 14.7 Å². The molecule has 3 rings (SSSR count). The summed E-state index contributed by atoms with van der Waals surface area (Å²) in [4.78, 5) is 28.3. The topological polar surface area (TPSA) is 66.8 Å². The van der Waals surface area contributed by atoms with E-state index in [1.54, 1.807) is 18.1 Å². The number of hydrogen-bond donors (Lipinski definition) is 1. The summed E-state index contributed by atoms with van der Waals surface area (Å²) in [5.74, 6) is -0.564. The second-order valence-corrected chi connectivity index (χ2v) is 8.33. The Labute approximate surface area is 175 Å². The maximum Gasteiger partial charge on any atom is 0.295 e. The minimum absolute atomic E-state index is 0.122. The SMILES string of the molecule is CCCCCN1C(=O)C(=O)/C(=C(\O)c2cc(C)c(OC)cc2C)C1c1cccs1. The van der Waals surface area contributed by atoms with E-state index < -0.39 is 17.7 Å². The molecule has 6 heteroatoms. The van der Waals surface area contributed by atoms with Crippen LogP contribution >= 0.6 is 11.3 Å². The van der Waals surface area contributed by atoms with Gasteiger partial charge in [0.05, 0.1) is 18.7 Å². The molecule has 2 aromatic rings. The van der Waals surface area contributed by atoms with Crippen LogP contribution in [-0.2, 0) is 9.59 Å². The number of rotatable bonds is 7. The van der Waals surface area contributed by atoms with Gasteiger partial charge in [-0.1, -0.05) is 25.8 Å². The summed E-state index contributed by atoms with van der Waals surface area (Å²) >= 11 is 1.49. The van der Waals surface area contributed by atoms with Gasteiger partial charge in [-0.3, -0.25) is 9.59 Å². The first-order chi connectivity index (χ1) is 13.9. The predicted molar refractivity (Wildman–Crippen MR) is 115 cm³/mol. The summed E-state index contributed by atoms with van der Waals surface area (Å²) in [5.41, 5.74) is 2.36. The predicted octanol–water partition coefficient (Wildman–Crippen LogP) is 4.99. The standard InChI is InChI=1S/C23H27NO4S/c1-5-6-7-10-24-20(18-9-8-11-29-18)19(22(26)23(24)27)21(25)16-12-15(3)17(28-4)13-14(16)2/h8-9,11-13,20,25H,5-7,10H2,1-4H3/b21-19-. The van der Waals surface area contributed by atoms with Crippen molar-refractivity contribution in [2.45, 2.75) is 46.1 Å². The van der Waals surface area contributed by atoms with Crippen LogP contribution in [0, 0.1) is 13.8 Å². The number of benzene rings is 1. The molecule has 1 N–H and O–H groups in total. The van der Waals surface area contributed by atoms with Crippen LogP contribution in [-0.4, -0.2) is 35.4 Å². The third kappa shape index (κ3) is 3.94. The van der Waals surface area contributed by atoms with Gasteiger partial charge in [0, 0.05) is 17.0 Å². The lowest BCUT2D eigenvalue weighted by molar-refractivity contribution is -0.139. The summed E-state index contributed by atoms with van der Waals surface area (Å²) in [7, 11) is 1.60. The second kappa shape index (κ2) is 8.82. The van der Waals surface area contributed by atoms with Crippen molar-refractivity contribution in [2.75, 3.05) is 13.7 Å². The molecule has 5 nitrogen and oxygen atoms in total. The van der Waals surface area contributed by atoms with Crippen molar-refractivity contribution in [3.63, 3.8) is 0 Å². The number of carbonyl (C=O) groups excluding carboxylic acids is 2. The van der Waals surface area contributed by atoms with Crippen LogP contribution in [0.3, 0.4) is 0 Å². The lowest BCUT2D eigenvalue weighted by Gasteiger charge is -2.24. The first kappa shape index (κ1) is 21.1. The molecule has 2 heterocycles. The van der Waals surface area contributed by atoms with Gasteiger partial charge in [0.1, 0.15) is 11.5 Å². The summed E-state index contributed by atoms with van der Waals surface area (Å²) in [6.45, 7) is 6.33. The van der Waals surface area contributed by atoms with Crippen molar-refractivity contribution < 1.29 is 19.4 Å². The highest BCUT2D eigenvalue weighted by atomic mass is 32.1. The minimum Gasteiger partial charge on any atom is -0.507 e. The molecule has 0 aliphatic carbocycles. The molecule has 0 radical (unpaired) electrons. The van der Waals surface area contributed by atoms with Crippen LogP contribution < -0.4 is 4.74 Å².